The molecule has 0 radical (unpaired) electrons. The number of nitrogens with one attached hydrogen (secondary N) is 3. The summed E-state index contributed by atoms with van der Waals surface area (Å²) in [6, 6.07) is 11.1. The maximum atomic E-state index is 12.5. The predicted octanol–water partition coefficient (Wildman–Crippen LogP) is 1.73. The zero-order valence-electron chi connectivity index (χ0n) is 13.7. The number of hydrogen-bond donors (Lipinski definition) is 3. The maximum Gasteiger partial charge on any atom is 0.319 e. The Kier molecular flexibility index (Phi) is 3.97. The van der Waals surface area contributed by atoms with E-state index in [-0.39, 0.29) is 18.0 Å². The average Bonchev–Trinajstić information content (AvgIpc) is 3.10. The van der Waals surface area contributed by atoms with E-state index in [1.807, 2.05) is 24.3 Å². The lowest BCUT2D eigenvalue weighted by atomic mass is 10.1. The van der Waals surface area contributed by atoms with Crippen molar-refractivity contribution in [3.8, 4) is 0 Å². The van der Waals surface area contributed by atoms with Gasteiger partial charge in [0, 0.05) is 43.1 Å². The molecule has 4 rings (SSSR count). The topological polar surface area (TPSA) is 86.4 Å². The molecule has 2 aliphatic rings. The van der Waals surface area contributed by atoms with E-state index in [9.17, 15) is 9.59 Å². The van der Waals surface area contributed by atoms with Crippen LogP contribution in [0.15, 0.2) is 42.6 Å². The van der Waals surface area contributed by atoms with Crippen LogP contribution in [-0.2, 0) is 6.54 Å². The van der Waals surface area contributed by atoms with Gasteiger partial charge in [-0.3, -0.25) is 4.79 Å². The Morgan fingerprint density at radius 1 is 1.28 bits per heavy atom. The number of hydrogen-bond acceptors (Lipinski definition) is 4. The summed E-state index contributed by atoms with van der Waals surface area (Å²) in [6.45, 7) is 2.09. The third kappa shape index (κ3) is 3.26. The van der Waals surface area contributed by atoms with Gasteiger partial charge in [0.2, 0.25) is 0 Å². The third-order valence-electron chi connectivity index (χ3n) is 4.56. The van der Waals surface area contributed by atoms with Crippen molar-refractivity contribution in [2.24, 2.45) is 0 Å². The van der Waals surface area contributed by atoms with Crippen LogP contribution >= 0.6 is 0 Å². The van der Waals surface area contributed by atoms with E-state index in [0.717, 1.165) is 30.9 Å². The fourth-order valence-electron chi connectivity index (χ4n) is 3.23. The van der Waals surface area contributed by atoms with Gasteiger partial charge in [-0.15, -0.1) is 0 Å². The first-order valence-corrected chi connectivity index (χ1v) is 8.34. The Hall–Kier alpha value is -3.09. The van der Waals surface area contributed by atoms with E-state index in [2.05, 4.69) is 25.8 Å². The van der Waals surface area contributed by atoms with Crippen molar-refractivity contribution in [1.82, 2.24) is 15.6 Å². The number of urea groups is 1. The first-order valence-electron chi connectivity index (χ1n) is 8.34. The largest absolute Gasteiger partial charge is 0.354 e. The second-order valence-electron chi connectivity index (χ2n) is 6.27. The second kappa shape index (κ2) is 6.43. The van der Waals surface area contributed by atoms with Crippen LogP contribution < -0.4 is 20.9 Å². The summed E-state index contributed by atoms with van der Waals surface area (Å²) in [4.78, 5) is 30.5. The van der Waals surface area contributed by atoms with Gasteiger partial charge in [-0.1, -0.05) is 12.1 Å². The van der Waals surface area contributed by atoms with Gasteiger partial charge in [-0.2, -0.15) is 0 Å². The SMILES string of the molecule is O=C1NCc2ccc(C(=O)NC3CCN(c4ccccn4)C3)cc2N1. The summed E-state index contributed by atoms with van der Waals surface area (Å²) < 4.78 is 0. The van der Waals surface area contributed by atoms with E-state index in [1.165, 1.54) is 0 Å². The Balaban J connectivity index is 1.41. The summed E-state index contributed by atoms with van der Waals surface area (Å²) in [7, 11) is 0. The maximum absolute atomic E-state index is 12.5. The van der Waals surface area contributed by atoms with Crippen LogP contribution in [0, 0.1) is 0 Å². The van der Waals surface area contributed by atoms with E-state index < -0.39 is 0 Å². The fourth-order valence-corrected chi connectivity index (χ4v) is 3.23. The van der Waals surface area contributed by atoms with Crippen LogP contribution in [0.3, 0.4) is 0 Å². The average molecular weight is 337 g/mol. The summed E-state index contributed by atoms with van der Waals surface area (Å²) >= 11 is 0. The van der Waals surface area contributed by atoms with Crippen LogP contribution in [0.25, 0.3) is 0 Å². The van der Waals surface area contributed by atoms with Crippen LogP contribution in [0.1, 0.15) is 22.3 Å². The molecule has 3 amide bonds. The van der Waals surface area contributed by atoms with Gasteiger partial charge in [0.25, 0.3) is 5.91 Å². The molecule has 1 saturated heterocycles. The number of benzene rings is 1. The van der Waals surface area contributed by atoms with Crippen molar-refractivity contribution in [2.45, 2.75) is 19.0 Å². The number of anilines is 2. The molecule has 3 heterocycles. The van der Waals surface area contributed by atoms with Crippen LogP contribution in [0.4, 0.5) is 16.3 Å². The Morgan fingerprint density at radius 3 is 3.04 bits per heavy atom. The molecule has 0 saturated carbocycles. The number of aromatic nitrogens is 1. The van der Waals surface area contributed by atoms with Crippen LogP contribution in [-0.4, -0.2) is 36.1 Å². The molecule has 2 aliphatic heterocycles. The monoisotopic (exact) mass is 337 g/mol. The van der Waals surface area contributed by atoms with Gasteiger partial charge >= 0.3 is 6.03 Å². The molecule has 1 aromatic heterocycles. The number of rotatable bonds is 3. The standard InChI is InChI=1S/C18H19N5O2/c24-17(12-4-5-13-10-20-18(25)22-15(13)9-12)21-14-6-8-23(11-14)16-3-1-2-7-19-16/h1-5,7,9,14H,6,8,10-11H2,(H,21,24)(H2,20,22,25). The Bertz CT molecular complexity index is 808. The van der Waals surface area contributed by atoms with Gasteiger partial charge in [0.05, 0.1) is 0 Å². The van der Waals surface area contributed by atoms with Gasteiger partial charge in [-0.05, 0) is 36.2 Å². The number of nitrogens with zero attached hydrogens (tertiary/aromatic N) is 2. The molecule has 1 fully saturated rings. The molecule has 25 heavy (non-hydrogen) atoms. The molecule has 7 heteroatoms. The van der Waals surface area contributed by atoms with Crippen LogP contribution in [0.5, 0.6) is 0 Å². The third-order valence-corrected chi connectivity index (χ3v) is 4.56. The summed E-state index contributed by atoms with van der Waals surface area (Å²) in [5, 5.41) is 8.51. The highest BCUT2D eigenvalue weighted by atomic mass is 16.2. The molecular weight excluding hydrogens is 318 g/mol. The highest BCUT2D eigenvalue weighted by Crippen LogP contribution is 2.21. The van der Waals surface area contributed by atoms with Crippen molar-refractivity contribution in [1.29, 1.82) is 0 Å². The minimum Gasteiger partial charge on any atom is -0.354 e. The van der Waals surface area contributed by atoms with Gasteiger partial charge in [-0.25, -0.2) is 9.78 Å². The minimum atomic E-state index is -0.244. The van der Waals surface area contributed by atoms with Crippen molar-refractivity contribution in [3.63, 3.8) is 0 Å². The van der Waals surface area contributed by atoms with Crippen LogP contribution in [0.2, 0.25) is 0 Å². The van der Waals surface area contributed by atoms with Gasteiger partial charge in [0.1, 0.15) is 5.82 Å². The molecular formula is C18H19N5O2. The summed E-state index contributed by atoms with van der Waals surface area (Å²) in [6.07, 6.45) is 2.66. The van der Waals surface area contributed by atoms with Crippen molar-refractivity contribution in [2.75, 3.05) is 23.3 Å². The number of pyridine rings is 1. The number of carbonyl (C=O) groups excluding carboxylic acids is 2. The van der Waals surface area contributed by atoms with E-state index >= 15 is 0 Å². The second-order valence-corrected chi connectivity index (χ2v) is 6.27. The lowest BCUT2D eigenvalue weighted by molar-refractivity contribution is 0.0940. The molecule has 0 aliphatic carbocycles. The van der Waals surface area contributed by atoms with Crippen molar-refractivity contribution < 1.29 is 9.59 Å². The number of carbonyl (C=O) groups is 2. The predicted molar refractivity (Wildman–Crippen MR) is 94.6 cm³/mol. The quantitative estimate of drug-likeness (QED) is 0.796. The van der Waals surface area contributed by atoms with Crippen molar-refractivity contribution in [3.05, 3.63) is 53.7 Å². The number of fused-ring (bicyclic) bond motifs is 1. The first kappa shape index (κ1) is 15.4. The lowest BCUT2D eigenvalue weighted by Crippen LogP contribution is -2.37. The first-order chi connectivity index (χ1) is 12.2. The zero-order valence-corrected chi connectivity index (χ0v) is 13.7. The fraction of sp³-hybridized carbons (Fsp3) is 0.278. The molecule has 3 N–H and O–H groups in total. The van der Waals surface area contributed by atoms with E-state index in [0.29, 0.717) is 17.8 Å². The molecule has 0 bridgehead atoms. The Morgan fingerprint density at radius 2 is 2.20 bits per heavy atom. The lowest BCUT2D eigenvalue weighted by Gasteiger charge is -2.20. The molecule has 0 spiro atoms. The van der Waals surface area contributed by atoms with E-state index in [4.69, 9.17) is 0 Å². The Labute approximate surface area is 145 Å². The minimum absolute atomic E-state index is 0.0850. The van der Waals surface area contributed by atoms with E-state index in [1.54, 1.807) is 18.3 Å². The molecule has 128 valence electrons. The summed E-state index contributed by atoms with van der Waals surface area (Å²) in [5.41, 5.74) is 2.22. The van der Waals surface area contributed by atoms with Crippen molar-refractivity contribution >= 4 is 23.4 Å². The normalized spacial score (nSPS) is 19.0. The van der Waals surface area contributed by atoms with Gasteiger partial charge in [0.15, 0.2) is 0 Å². The number of amides is 3. The highest BCUT2D eigenvalue weighted by Gasteiger charge is 2.25. The highest BCUT2D eigenvalue weighted by molar-refractivity contribution is 5.98. The molecule has 1 aromatic carbocycles. The molecule has 1 unspecified atom stereocenters. The van der Waals surface area contributed by atoms with Gasteiger partial charge < -0.3 is 20.9 Å². The molecule has 7 nitrogen and oxygen atoms in total. The molecule has 1 atom stereocenters. The molecule has 2 aromatic rings. The zero-order chi connectivity index (χ0) is 17.2. The smallest absolute Gasteiger partial charge is 0.319 e. The summed E-state index contributed by atoms with van der Waals surface area (Å²) in [5.74, 6) is 0.812.